The minimum Gasteiger partial charge on any atom is -0.506 e. The van der Waals surface area contributed by atoms with E-state index in [1.54, 1.807) is 12.1 Å². The molecule has 0 atom stereocenters. The van der Waals surface area contributed by atoms with Crippen molar-refractivity contribution in [3.05, 3.63) is 23.8 Å². The highest BCUT2D eigenvalue weighted by atomic mass is 32.2. The van der Waals surface area contributed by atoms with Gasteiger partial charge in [-0.2, -0.15) is 0 Å². The van der Waals surface area contributed by atoms with Gasteiger partial charge in [0.05, 0.1) is 10.9 Å². The largest absolute Gasteiger partial charge is 0.506 e. The third-order valence-electron chi connectivity index (χ3n) is 3.41. The monoisotopic (exact) mass is 253 g/mol. The number of aryl methyl sites for hydroxylation is 1. The first kappa shape index (κ1) is 10.9. The Balaban J connectivity index is 2.10. The van der Waals surface area contributed by atoms with Crippen molar-refractivity contribution >= 4 is 15.7 Å². The minimum absolute atomic E-state index is 0.0754. The third-order valence-corrected chi connectivity index (χ3v) is 5.70. The maximum atomic E-state index is 12.3. The summed E-state index contributed by atoms with van der Waals surface area (Å²) in [5.74, 6) is 0.0754. The van der Waals surface area contributed by atoms with Crippen molar-refractivity contribution in [2.24, 2.45) is 0 Å². The second-order valence-corrected chi connectivity index (χ2v) is 6.84. The van der Waals surface area contributed by atoms with Gasteiger partial charge < -0.3 is 5.11 Å². The summed E-state index contributed by atoms with van der Waals surface area (Å²) in [4.78, 5) is 0. The molecule has 5 heteroatoms. The molecule has 0 spiro atoms. The fourth-order valence-corrected chi connectivity index (χ4v) is 4.33. The summed E-state index contributed by atoms with van der Waals surface area (Å²) >= 11 is 0. The molecule has 1 heterocycles. The molecule has 3 rings (SSSR count). The molecule has 1 saturated carbocycles. The van der Waals surface area contributed by atoms with E-state index < -0.39 is 10.0 Å². The lowest BCUT2D eigenvalue weighted by Gasteiger charge is -2.31. The van der Waals surface area contributed by atoms with Crippen molar-refractivity contribution in [3.63, 3.8) is 0 Å². The lowest BCUT2D eigenvalue weighted by molar-refractivity contribution is 0.472. The van der Waals surface area contributed by atoms with Crippen LogP contribution in [0.15, 0.2) is 18.2 Å². The molecule has 1 aliphatic carbocycles. The Labute approximate surface area is 101 Å². The number of anilines is 1. The summed E-state index contributed by atoms with van der Waals surface area (Å²) in [5.41, 5.74) is 1.44. The van der Waals surface area contributed by atoms with E-state index in [1.165, 1.54) is 4.31 Å². The second-order valence-electron chi connectivity index (χ2n) is 4.70. The van der Waals surface area contributed by atoms with Crippen molar-refractivity contribution < 1.29 is 13.5 Å². The molecule has 0 unspecified atom stereocenters. The highest BCUT2D eigenvalue weighted by Crippen LogP contribution is 2.41. The van der Waals surface area contributed by atoms with Crippen LogP contribution in [0.3, 0.4) is 0 Å². The van der Waals surface area contributed by atoms with E-state index in [4.69, 9.17) is 0 Å². The molecule has 0 amide bonds. The van der Waals surface area contributed by atoms with Crippen LogP contribution in [0.2, 0.25) is 0 Å². The number of hydrogen-bond donors (Lipinski definition) is 1. The molecule has 1 aliphatic heterocycles. The smallest absolute Gasteiger partial charge is 0.238 e. The molecule has 0 radical (unpaired) electrons. The molecule has 1 aromatic rings. The zero-order chi connectivity index (χ0) is 12.0. The van der Waals surface area contributed by atoms with Gasteiger partial charge in [0.2, 0.25) is 10.0 Å². The first-order chi connectivity index (χ1) is 8.10. The van der Waals surface area contributed by atoms with Crippen LogP contribution in [0.1, 0.15) is 24.8 Å². The number of rotatable bonds is 2. The van der Waals surface area contributed by atoms with Gasteiger partial charge in [-0.05, 0) is 37.3 Å². The van der Waals surface area contributed by atoms with Gasteiger partial charge in [0.1, 0.15) is 5.75 Å². The number of hydrogen-bond acceptors (Lipinski definition) is 3. The van der Waals surface area contributed by atoms with Gasteiger partial charge in [-0.15, -0.1) is 0 Å². The summed E-state index contributed by atoms with van der Waals surface area (Å²) in [6, 6.07) is 5.21. The van der Waals surface area contributed by atoms with Crippen LogP contribution in [-0.4, -0.2) is 25.3 Å². The van der Waals surface area contributed by atoms with Gasteiger partial charge in [0.25, 0.3) is 0 Å². The Bertz CT molecular complexity index is 549. The van der Waals surface area contributed by atoms with Crippen molar-refractivity contribution in [1.29, 1.82) is 0 Å². The number of phenols is 1. The summed E-state index contributed by atoms with van der Waals surface area (Å²) in [6.45, 7) is 0.489. The number of phenolic OH excluding ortho intramolecular Hbond substituents is 1. The van der Waals surface area contributed by atoms with Crippen LogP contribution < -0.4 is 4.31 Å². The molecule has 1 aromatic carbocycles. The number of fused-ring (bicyclic) bond motifs is 1. The molecule has 4 nitrogen and oxygen atoms in total. The van der Waals surface area contributed by atoms with Crippen LogP contribution in [0, 0.1) is 0 Å². The molecule has 92 valence electrons. The lowest BCUT2D eigenvalue weighted by atomic mass is 10.0. The molecular formula is C12H15NO3S. The SMILES string of the molecule is O=S(=O)(C1CC1)N1CCCc2cccc(O)c21. The zero-order valence-corrected chi connectivity index (χ0v) is 10.3. The summed E-state index contributed by atoms with van der Waals surface area (Å²) in [7, 11) is -3.25. The average Bonchev–Trinajstić information content (AvgIpc) is 3.13. The van der Waals surface area contributed by atoms with Gasteiger partial charge in [-0.1, -0.05) is 12.1 Å². The minimum atomic E-state index is -3.25. The van der Waals surface area contributed by atoms with Crippen molar-refractivity contribution in [2.75, 3.05) is 10.8 Å². The first-order valence-electron chi connectivity index (χ1n) is 5.93. The van der Waals surface area contributed by atoms with Crippen LogP contribution >= 0.6 is 0 Å². The molecule has 1 fully saturated rings. The first-order valence-corrected chi connectivity index (χ1v) is 7.43. The van der Waals surface area contributed by atoms with E-state index >= 15 is 0 Å². The molecular weight excluding hydrogens is 238 g/mol. The Morgan fingerprint density at radius 3 is 2.76 bits per heavy atom. The average molecular weight is 253 g/mol. The molecule has 2 aliphatic rings. The Morgan fingerprint density at radius 1 is 1.29 bits per heavy atom. The Kier molecular flexibility index (Phi) is 2.33. The van der Waals surface area contributed by atoms with E-state index in [2.05, 4.69) is 0 Å². The normalized spacial score (nSPS) is 20.1. The number of nitrogens with zero attached hydrogens (tertiary/aromatic N) is 1. The molecule has 0 saturated heterocycles. The standard InChI is InChI=1S/C12H15NO3S/c14-11-5-1-3-9-4-2-8-13(12(9)11)17(15,16)10-6-7-10/h1,3,5,10,14H,2,4,6-8H2. The predicted octanol–water partition coefficient (Wildman–Crippen LogP) is 1.64. The van der Waals surface area contributed by atoms with E-state index in [0.29, 0.717) is 12.2 Å². The molecule has 17 heavy (non-hydrogen) atoms. The second kappa shape index (κ2) is 3.63. The van der Waals surface area contributed by atoms with Crippen LogP contribution in [0.4, 0.5) is 5.69 Å². The van der Waals surface area contributed by atoms with Crippen molar-refractivity contribution in [2.45, 2.75) is 30.9 Å². The highest BCUT2D eigenvalue weighted by molar-refractivity contribution is 7.93. The van der Waals surface area contributed by atoms with Gasteiger partial charge in [0, 0.05) is 6.54 Å². The number of benzene rings is 1. The predicted molar refractivity (Wildman–Crippen MR) is 65.7 cm³/mol. The van der Waals surface area contributed by atoms with Crippen LogP contribution in [-0.2, 0) is 16.4 Å². The summed E-state index contributed by atoms with van der Waals surface area (Å²) < 4.78 is 26.0. The highest BCUT2D eigenvalue weighted by Gasteiger charge is 2.42. The molecule has 1 N–H and O–H groups in total. The summed E-state index contributed by atoms with van der Waals surface area (Å²) in [5, 5.41) is 9.66. The maximum absolute atomic E-state index is 12.3. The lowest BCUT2D eigenvalue weighted by Crippen LogP contribution is -2.37. The van der Waals surface area contributed by atoms with Crippen molar-refractivity contribution in [1.82, 2.24) is 0 Å². The van der Waals surface area contributed by atoms with Crippen LogP contribution in [0.5, 0.6) is 5.75 Å². The number of sulfonamides is 1. The van der Waals surface area contributed by atoms with Crippen LogP contribution in [0.25, 0.3) is 0 Å². The fourth-order valence-electron chi connectivity index (χ4n) is 2.39. The van der Waals surface area contributed by atoms with E-state index in [0.717, 1.165) is 31.2 Å². The zero-order valence-electron chi connectivity index (χ0n) is 9.46. The number of aromatic hydroxyl groups is 1. The molecule has 0 aromatic heterocycles. The number of para-hydroxylation sites is 1. The van der Waals surface area contributed by atoms with Gasteiger partial charge in [0.15, 0.2) is 0 Å². The Hall–Kier alpha value is -1.23. The third kappa shape index (κ3) is 1.69. The Morgan fingerprint density at radius 2 is 2.06 bits per heavy atom. The molecule has 0 bridgehead atoms. The van der Waals surface area contributed by atoms with Gasteiger partial charge in [-0.3, -0.25) is 4.31 Å². The maximum Gasteiger partial charge on any atom is 0.238 e. The topological polar surface area (TPSA) is 57.6 Å². The van der Waals surface area contributed by atoms with E-state index in [-0.39, 0.29) is 11.0 Å². The van der Waals surface area contributed by atoms with E-state index in [9.17, 15) is 13.5 Å². The summed E-state index contributed by atoms with van der Waals surface area (Å²) in [6.07, 6.45) is 3.16. The van der Waals surface area contributed by atoms with Crippen molar-refractivity contribution in [3.8, 4) is 5.75 Å². The quantitative estimate of drug-likeness (QED) is 0.871. The van der Waals surface area contributed by atoms with Gasteiger partial charge in [-0.25, -0.2) is 8.42 Å². The van der Waals surface area contributed by atoms with E-state index in [1.807, 2.05) is 6.07 Å². The fraction of sp³-hybridized carbons (Fsp3) is 0.500. The van der Waals surface area contributed by atoms with Gasteiger partial charge >= 0.3 is 0 Å².